The average molecular weight is 399 g/mol. The highest BCUT2D eigenvalue weighted by Crippen LogP contribution is 2.22. The third-order valence-electron chi connectivity index (χ3n) is 3.01. The molecule has 0 aliphatic rings. The second kappa shape index (κ2) is 12.0. The van der Waals surface area contributed by atoms with Gasteiger partial charge in [-0.3, -0.25) is 0 Å². The van der Waals surface area contributed by atoms with Gasteiger partial charge in [0.15, 0.2) is 0 Å². The van der Waals surface area contributed by atoms with E-state index in [-0.39, 0.29) is 4.90 Å². The van der Waals surface area contributed by atoms with Gasteiger partial charge in [0.2, 0.25) is 9.84 Å². The molecule has 0 radical (unpaired) electrons. The summed E-state index contributed by atoms with van der Waals surface area (Å²) in [6.07, 6.45) is 2.28. The van der Waals surface area contributed by atoms with Crippen LogP contribution >= 0.6 is 25.3 Å². The summed E-state index contributed by atoms with van der Waals surface area (Å²) in [5, 5.41) is 0. The minimum atomic E-state index is -3.45. The lowest BCUT2D eigenvalue weighted by Gasteiger charge is -2.07. The van der Waals surface area contributed by atoms with E-state index in [0.29, 0.717) is 29.4 Å². The normalized spacial score (nSPS) is 10.5. The first-order valence-corrected chi connectivity index (χ1v) is 10.5. The fraction of sp³-hybridized carbons (Fsp3) is 0.278. The zero-order valence-electron chi connectivity index (χ0n) is 13.7. The molecule has 0 atom stereocenters. The summed E-state index contributed by atoms with van der Waals surface area (Å²) < 4.78 is 30.2. The molecule has 0 aliphatic carbocycles. The van der Waals surface area contributed by atoms with E-state index < -0.39 is 9.84 Å². The summed E-state index contributed by atoms with van der Waals surface area (Å²) in [5.74, 6) is 2.10. The highest BCUT2D eigenvalue weighted by Gasteiger charge is 2.16. The standard InChI is InChI=1S/C15H16O3S2.C3H6OS/c16-20(17,14-5-2-1-3-6-14)15-9-7-13(8-10-15)18-11-4-12-19;4-2-1-3-5/h1-3,5-10,19H,4,11-12H2;2,5H,1,3H2. The minimum absolute atomic E-state index is 0.269. The average Bonchev–Trinajstić information content (AvgIpc) is 2.64. The van der Waals surface area contributed by atoms with E-state index in [0.717, 1.165) is 18.5 Å². The van der Waals surface area contributed by atoms with Crippen LogP contribution in [0.2, 0.25) is 0 Å². The van der Waals surface area contributed by atoms with Gasteiger partial charge >= 0.3 is 0 Å². The number of rotatable bonds is 8. The van der Waals surface area contributed by atoms with Crippen LogP contribution in [0.4, 0.5) is 0 Å². The minimum Gasteiger partial charge on any atom is -0.494 e. The van der Waals surface area contributed by atoms with Crippen LogP contribution in [-0.2, 0) is 14.6 Å². The van der Waals surface area contributed by atoms with Crippen molar-refractivity contribution >= 4 is 41.4 Å². The second-order valence-corrected chi connectivity index (χ2v) is 7.74. The number of hydrogen-bond acceptors (Lipinski definition) is 6. The molecule has 0 bridgehead atoms. The highest BCUT2D eigenvalue weighted by molar-refractivity contribution is 7.91. The van der Waals surface area contributed by atoms with Gasteiger partial charge in [0, 0.05) is 6.42 Å². The molecule has 0 saturated heterocycles. The Kier molecular flexibility index (Phi) is 10.4. The van der Waals surface area contributed by atoms with Crippen molar-refractivity contribution in [1.29, 1.82) is 0 Å². The predicted molar refractivity (Wildman–Crippen MR) is 107 cm³/mol. The molecule has 136 valence electrons. The SMILES string of the molecule is O=CCCS.O=S(=O)(c1ccccc1)c1ccc(OCCCS)cc1. The van der Waals surface area contributed by atoms with Crippen molar-refractivity contribution < 1.29 is 17.9 Å². The molecule has 0 heterocycles. The van der Waals surface area contributed by atoms with Crippen LogP contribution in [0.25, 0.3) is 0 Å². The van der Waals surface area contributed by atoms with Crippen molar-refractivity contribution in [2.75, 3.05) is 18.1 Å². The van der Waals surface area contributed by atoms with E-state index in [1.807, 2.05) is 0 Å². The largest absolute Gasteiger partial charge is 0.494 e. The van der Waals surface area contributed by atoms with Crippen LogP contribution in [0.15, 0.2) is 64.4 Å². The Hall–Kier alpha value is -1.44. The number of ether oxygens (including phenoxy) is 1. The topological polar surface area (TPSA) is 60.4 Å². The summed E-state index contributed by atoms with van der Waals surface area (Å²) in [7, 11) is -3.45. The van der Waals surface area contributed by atoms with Crippen molar-refractivity contribution in [2.24, 2.45) is 0 Å². The molecule has 0 fully saturated rings. The molecule has 2 aromatic carbocycles. The second-order valence-electron chi connectivity index (χ2n) is 4.89. The summed E-state index contributed by atoms with van der Waals surface area (Å²) in [5.41, 5.74) is 0. The summed E-state index contributed by atoms with van der Waals surface area (Å²) in [4.78, 5) is 9.92. The van der Waals surface area contributed by atoms with Crippen LogP contribution in [-0.4, -0.2) is 32.8 Å². The smallest absolute Gasteiger partial charge is 0.206 e. The van der Waals surface area contributed by atoms with Gasteiger partial charge in [-0.2, -0.15) is 25.3 Å². The Balaban J connectivity index is 0.000000550. The van der Waals surface area contributed by atoms with E-state index in [1.54, 1.807) is 54.6 Å². The third kappa shape index (κ3) is 7.54. The van der Waals surface area contributed by atoms with Crippen molar-refractivity contribution in [3.63, 3.8) is 0 Å². The Labute approximate surface area is 160 Å². The molecule has 0 aliphatic heterocycles. The molecule has 0 saturated carbocycles. The summed E-state index contributed by atoms with van der Waals surface area (Å²) >= 11 is 7.87. The maximum atomic E-state index is 12.4. The van der Waals surface area contributed by atoms with E-state index in [1.165, 1.54) is 0 Å². The predicted octanol–water partition coefficient (Wildman–Crippen LogP) is 3.72. The number of carbonyl (C=O) groups is 1. The molecular weight excluding hydrogens is 376 g/mol. The Morgan fingerprint density at radius 1 is 0.880 bits per heavy atom. The van der Waals surface area contributed by atoms with Gasteiger partial charge in [-0.25, -0.2) is 8.42 Å². The van der Waals surface area contributed by atoms with Crippen molar-refractivity contribution in [1.82, 2.24) is 0 Å². The molecular formula is C18H22O4S3. The van der Waals surface area contributed by atoms with Crippen molar-refractivity contribution in [3.8, 4) is 5.75 Å². The van der Waals surface area contributed by atoms with Crippen molar-refractivity contribution in [2.45, 2.75) is 22.6 Å². The zero-order chi connectivity index (χ0) is 18.5. The number of carbonyl (C=O) groups excluding carboxylic acids is 1. The molecule has 2 rings (SSSR count). The lowest BCUT2D eigenvalue weighted by molar-refractivity contribution is -0.107. The van der Waals surface area contributed by atoms with Gasteiger partial charge in [-0.1, -0.05) is 18.2 Å². The van der Waals surface area contributed by atoms with Crippen LogP contribution in [0, 0.1) is 0 Å². The number of aldehydes is 1. The number of sulfone groups is 1. The van der Waals surface area contributed by atoms with Gasteiger partial charge < -0.3 is 9.53 Å². The third-order valence-corrected chi connectivity index (χ3v) is 5.37. The first-order valence-electron chi connectivity index (χ1n) is 7.74. The number of hydrogen-bond donors (Lipinski definition) is 2. The summed E-state index contributed by atoms with van der Waals surface area (Å²) in [6, 6.07) is 14.9. The van der Waals surface area contributed by atoms with Gasteiger partial charge in [-0.15, -0.1) is 0 Å². The van der Waals surface area contributed by atoms with Crippen molar-refractivity contribution in [3.05, 3.63) is 54.6 Å². The number of benzene rings is 2. The van der Waals surface area contributed by atoms with Gasteiger partial charge in [0.25, 0.3) is 0 Å². The van der Waals surface area contributed by atoms with E-state index in [9.17, 15) is 13.2 Å². The van der Waals surface area contributed by atoms with E-state index in [2.05, 4.69) is 25.3 Å². The Morgan fingerprint density at radius 3 is 1.96 bits per heavy atom. The monoisotopic (exact) mass is 398 g/mol. The van der Waals surface area contributed by atoms with E-state index in [4.69, 9.17) is 4.74 Å². The van der Waals surface area contributed by atoms with Crippen LogP contribution < -0.4 is 4.74 Å². The molecule has 2 aromatic rings. The lowest BCUT2D eigenvalue weighted by Crippen LogP contribution is -2.02. The first kappa shape index (κ1) is 21.6. The molecule has 0 N–H and O–H groups in total. The zero-order valence-corrected chi connectivity index (χ0v) is 16.4. The summed E-state index contributed by atoms with van der Waals surface area (Å²) in [6.45, 7) is 0.578. The van der Waals surface area contributed by atoms with Gasteiger partial charge in [0.05, 0.1) is 16.4 Å². The Morgan fingerprint density at radius 2 is 1.48 bits per heavy atom. The molecule has 0 aromatic heterocycles. The Bertz CT molecular complexity index is 714. The van der Waals surface area contributed by atoms with E-state index >= 15 is 0 Å². The van der Waals surface area contributed by atoms with Crippen LogP contribution in [0.1, 0.15) is 12.8 Å². The van der Waals surface area contributed by atoms with Gasteiger partial charge in [0.1, 0.15) is 12.0 Å². The molecule has 0 spiro atoms. The molecule has 4 nitrogen and oxygen atoms in total. The van der Waals surface area contributed by atoms with Gasteiger partial charge in [-0.05, 0) is 54.3 Å². The number of thiol groups is 2. The maximum Gasteiger partial charge on any atom is 0.206 e. The quantitative estimate of drug-likeness (QED) is 0.404. The lowest BCUT2D eigenvalue weighted by atomic mass is 10.3. The first-order chi connectivity index (χ1) is 12.1. The molecule has 0 unspecified atom stereocenters. The van der Waals surface area contributed by atoms with Crippen LogP contribution in [0.5, 0.6) is 5.75 Å². The molecule has 7 heteroatoms. The van der Waals surface area contributed by atoms with Crippen LogP contribution in [0.3, 0.4) is 0 Å². The fourth-order valence-electron chi connectivity index (χ4n) is 1.76. The fourth-order valence-corrected chi connectivity index (χ4v) is 3.27. The highest BCUT2D eigenvalue weighted by atomic mass is 32.2. The maximum absolute atomic E-state index is 12.4. The molecule has 0 amide bonds. The molecule has 25 heavy (non-hydrogen) atoms.